The van der Waals surface area contributed by atoms with E-state index in [-0.39, 0.29) is 0 Å². The molecule has 0 spiro atoms. The van der Waals surface area contributed by atoms with Gasteiger partial charge in [-0.1, -0.05) is 36.9 Å². The Balaban J connectivity index is 2.57. The van der Waals surface area contributed by atoms with Crippen LogP contribution in [0.5, 0.6) is 0 Å². The average Bonchev–Trinajstić information content (AvgIpc) is 2.44. The van der Waals surface area contributed by atoms with E-state index >= 15 is 0 Å². The van der Waals surface area contributed by atoms with Gasteiger partial charge in [0.05, 0.1) is 0 Å². The highest BCUT2D eigenvalue weighted by molar-refractivity contribution is 5.72. The van der Waals surface area contributed by atoms with Gasteiger partial charge in [0.1, 0.15) is 0 Å². The first-order valence-electron chi connectivity index (χ1n) is 4.22. The molecule has 0 aliphatic heterocycles. The lowest BCUT2D eigenvalue weighted by molar-refractivity contribution is 0.925. The fourth-order valence-corrected chi connectivity index (χ4v) is 1.84. The molecule has 0 fully saturated rings. The molecular formula is C12H12. The summed E-state index contributed by atoms with van der Waals surface area (Å²) in [5.41, 5.74) is 3.95. The molecule has 1 aromatic carbocycles. The van der Waals surface area contributed by atoms with Crippen LogP contribution < -0.4 is 0 Å². The predicted octanol–water partition coefficient (Wildman–Crippen LogP) is 3.37. The van der Waals surface area contributed by atoms with Gasteiger partial charge in [0, 0.05) is 5.92 Å². The minimum absolute atomic E-state index is 0.494. The maximum absolute atomic E-state index is 4.05. The second-order valence-corrected chi connectivity index (χ2v) is 3.24. The van der Waals surface area contributed by atoms with Crippen LogP contribution in [0.25, 0.3) is 5.57 Å². The topological polar surface area (TPSA) is 0 Å². The summed E-state index contributed by atoms with van der Waals surface area (Å²) < 4.78 is 0. The number of allylic oxidation sites excluding steroid dienone is 2. The summed E-state index contributed by atoms with van der Waals surface area (Å²) in [6.45, 7) is 7.88. The van der Waals surface area contributed by atoms with Crippen LogP contribution in [0.3, 0.4) is 0 Å². The Hall–Kier alpha value is -1.30. The summed E-state index contributed by atoms with van der Waals surface area (Å²) in [5.74, 6) is 0.494. The van der Waals surface area contributed by atoms with Gasteiger partial charge >= 0.3 is 0 Å². The molecule has 0 saturated carbocycles. The van der Waals surface area contributed by atoms with Crippen molar-refractivity contribution in [1.82, 2.24) is 0 Å². The molecule has 0 saturated heterocycles. The lowest BCUT2D eigenvalue weighted by Gasteiger charge is -2.02. The molecule has 0 nitrogen and oxygen atoms in total. The molecule has 60 valence electrons. The van der Waals surface area contributed by atoms with Gasteiger partial charge in [0.25, 0.3) is 0 Å². The maximum Gasteiger partial charge on any atom is 0.00617 e. The van der Waals surface area contributed by atoms with Crippen LogP contribution in [-0.2, 0) is 0 Å². The van der Waals surface area contributed by atoms with Gasteiger partial charge in [-0.2, -0.15) is 0 Å². The Kier molecular flexibility index (Phi) is 1.61. The van der Waals surface area contributed by atoms with Gasteiger partial charge in [-0.25, -0.2) is 0 Å². The largest absolute Gasteiger partial charge is 0.102 e. The first-order valence-corrected chi connectivity index (χ1v) is 4.22. The van der Waals surface area contributed by atoms with Gasteiger partial charge in [-0.05, 0) is 23.1 Å². The number of hydrogen-bond acceptors (Lipinski definition) is 0. The van der Waals surface area contributed by atoms with E-state index in [2.05, 4.69) is 37.4 Å². The first kappa shape index (κ1) is 7.35. The molecule has 0 amide bonds. The Morgan fingerprint density at radius 3 is 2.83 bits per heavy atom. The molecule has 0 N–H and O–H groups in total. The quantitative estimate of drug-likeness (QED) is 0.547. The highest BCUT2D eigenvalue weighted by Crippen LogP contribution is 2.40. The Bertz CT molecular complexity index is 334. The van der Waals surface area contributed by atoms with Crippen LogP contribution in [0.1, 0.15) is 23.5 Å². The summed E-state index contributed by atoms with van der Waals surface area (Å²) >= 11 is 0. The van der Waals surface area contributed by atoms with Crippen molar-refractivity contribution in [3.63, 3.8) is 0 Å². The molecule has 1 aliphatic carbocycles. The molecule has 1 atom stereocenters. The Labute approximate surface area is 73.2 Å². The summed E-state index contributed by atoms with van der Waals surface area (Å²) in [6, 6.07) is 8.45. The summed E-state index contributed by atoms with van der Waals surface area (Å²) in [7, 11) is 0. The van der Waals surface area contributed by atoms with Crippen molar-refractivity contribution in [2.75, 3.05) is 0 Å². The number of fused-ring (bicyclic) bond motifs is 1. The molecule has 0 bridgehead atoms. The molecule has 0 aromatic heterocycles. The van der Waals surface area contributed by atoms with Gasteiger partial charge < -0.3 is 0 Å². The maximum atomic E-state index is 4.05. The molecular weight excluding hydrogens is 144 g/mol. The number of rotatable bonds is 1. The van der Waals surface area contributed by atoms with E-state index in [1.807, 2.05) is 6.08 Å². The van der Waals surface area contributed by atoms with E-state index in [1.165, 1.54) is 16.7 Å². The molecule has 12 heavy (non-hydrogen) atoms. The molecule has 1 unspecified atom stereocenters. The van der Waals surface area contributed by atoms with E-state index in [9.17, 15) is 0 Å². The standard InChI is InChI=1S/C12H12/c1-3-10-8-9(2)11-6-4-5-7-12(10)11/h3-7,10H,1-2,8H2. The fourth-order valence-electron chi connectivity index (χ4n) is 1.84. The zero-order chi connectivity index (χ0) is 8.55. The van der Waals surface area contributed by atoms with Crippen LogP contribution in [0.4, 0.5) is 0 Å². The predicted molar refractivity (Wildman–Crippen MR) is 53.0 cm³/mol. The zero-order valence-electron chi connectivity index (χ0n) is 7.09. The van der Waals surface area contributed by atoms with Crippen molar-refractivity contribution in [3.8, 4) is 0 Å². The summed E-state index contributed by atoms with van der Waals surface area (Å²) in [4.78, 5) is 0. The smallest absolute Gasteiger partial charge is 0.00617 e. The Morgan fingerprint density at radius 2 is 2.08 bits per heavy atom. The third kappa shape index (κ3) is 0.918. The number of benzene rings is 1. The van der Waals surface area contributed by atoms with E-state index in [0.29, 0.717) is 5.92 Å². The molecule has 0 heterocycles. The summed E-state index contributed by atoms with van der Waals surface area (Å²) in [6.07, 6.45) is 3.06. The Morgan fingerprint density at radius 1 is 1.33 bits per heavy atom. The van der Waals surface area contributed by atoms with Crippen LogP contribution in [0.15, 0.2) is 43.5 Å². The van der Waals surface area contributed by atoms with Crippen LogP contribution in [-0.4, -0.2) is 0 Å². The molecule has 1 aliphatic rings. The van der Waals surface area contributed by atoms with Crippen molar-refractivity contribution in [3.05, 3.63) is 54.6 Å². The van der Waals surface area contributed by atoms with Crippen molar-refractivity contribution in [2.45, 2.75) is 12.3 Å². The van der Waals surface area contributed by atoms with Gasteiger partial charge in [0.15, 0.2) is 0 Å². The SMILES string of the molecule is C=CC1CC(=C)c2ccccc21. The van der Waals surface area contributed by atoms with Crippen molar-refractivity contribution in [2.24, 2.45) is 0 Å². The van der Waals surface area contributed by atoms with E-state index in [0.717, 1.165) is 6.42 Å². The van der Waals surface area contributed by atoms with Crippen LogP contribution in [0.2, 0.25) is 0 Å². The van der Waals surface area contributed by atoms with Crippen molar-refractivity contribution >= 4 is 5.57 Å². The second-order valence-electron chi connectivity index (χ2n) is 3.24. The zero-order valence-corrected chi connectivity index (χ0v) is 7.09. The van der Waals surface area contributed by atoms with Gasteiger partial charge in [-0.3, -0.25) is 0 Å². The molecule has 2 rings (SSSR count). The van der Waals surface area contributed by atoms with E-state index in [4.69, 9.17) is 0 Å². The van der Waals surface area contributed by atoms with E-state index < -0.39 is 0 Å². The van der Waals surface area contributed by atoms with Gasteiger partial charge in [0.2, 0.25) is 0 Å². The lowest BCUT2D eigenvalue weighted by Crippen LogP contribution is -1.85. The van der Waals surface area contributed by atoms with Crippen molar-refractivity contribution in [1.29, 1.82) is 0 Å². The summed E-state index contributed by atoms with van der Waals surface area (Å²) in [5, 5.41) is 0. The average molecular weight is 156 g/mol. The number of hydrogen-bond donors (Lipinski definition) is 0. The third-order valence-corrected chi connectivity index (χ3v) is 2.49. The first-order chi connectivity index (χ1) is 5.83. The highest BCUT2D eigenvalue weighted by Gasteiger charge is 2.21. The molecule has 0 heteroatoms. The van der Waals surface area contributed by atoms with Crippen molar-refractivity contribution < 1.29 is 0 Å². The van der Waals surface area contributed by atoms with Gasteiger partial charge in [-0.15, -0.1) is 6.58 Å². The monoisotopic (exact) mass is 156 g/mol. The molecule has 0 radical (unpaired) electrons. The minimum atomic E-state index is 0.494. The lowest BCUT2D eigenvalue weighted by atomic mass is 10.0. The second kappa shape index (κ2) is 2.63. The van der Waals surface area contributed by atoms with E-state index in [1.54, 1.807) is 0 Å². The normalized spacial score (nSPS) is 20.7. The minimum Gasteiger partial charge on any atom is -0.102 e. The third-order valence-electron chi connectivity index (χ3n) is 2.49. The molecule has 1 aromatic rings. The highest BCUT2D eigenvalue weighted by atomic mass is 14.2. The van der Waals surface area contributed by atoms with Crippen LogP contribution >= 0.6 is 0 Å². The van der Waals surface area contributed by atoms with Crippen LogP contribution in [0, 0.1) is 0 Å². The fraction of sp³-hybridized carbons (Fsp3) is 0.167.